The average molecular weight is 224 g/mol. The predicted molar refractivity (Wildman–Crippen MR) is 62.9 cm³/mol. The van der Waals surface area contributed by atoms with Gasteiger partial charge in [-0.15, -0.1) is 0 Å². The van der Waals surface area contributed by atoms with E-state index in [0.717, 1.165) is 19.4 Å². The molecule has 1 fully saturated rings. The lowest BCUT2D eigenvalue weighted by atomic mass is 9.94. The molecule has 3 N–H and O–H groups in total. The number of hydrogen-bond acceptors (Lipinski definition) is 3. The second-order valence-electron chi connectivity index (χ2n) is 4.58. The minimum atomic E-state index is -0.313. The summed E-state index contributed by atoms with van der Waals surface area (Å²) in [7, 11) is 0. The summed E-state index contributed by atoms with van der Waals surface area (Å²) in [6, 6.07) is 4.69. The number of nitrogen functional groups attached to an aromatic ring is 1. The zero-order chi connectivity index (χ0) is 11.6. The summed E-state index contributed by atoms with van der Waals surface area (Å²) in [5, 5.41) is 3.20. The zero-order valence-corrected chi connectivity index (χ0v) is 9.42. The Kier molecular flexibility index (Phi) is 3.01. The van der Waals surface area contributed by atoms with Crippen molar-refractivity contribution in [2.45, 2.75) is 25.3 Å². The lowest BCUT2D eigenvalue weighted by Gasteiger charge is -2.35. The SMILES string of the molecule is CC1(Nc2ccc(N)cc2F)CCCOC1. The number of nitrogens with one attached hydrogen (secondary N) is 1. The molecular weight excluding hydrogens is 207 g/mol. The molecule has 1 aliphatic heterocycles. The largest absolute Gasteiger partial charge is 0.399 e. The van der Waals surface area contributed by atoms with Gasteiger partial charge in [-0.3, -0.25) is 0 Å². The fourth-order valence-corrected chi connectivity index (χ4v) is 1.99. The van der Waals surface area contributed by atoms with Gasteiger partial charge in [0.1, 0.15) is 5.82 Å². The maximum absolute atomic E-state index is 13.6. The van der Waals surface area contributed by atoms with Crippen LogP contribution in [0.2, 0.25) is 0 Å². The second kappa shape index (κ2) is 4.29. The van der Waals surface area contributed by atoms with E-state index in [-0.39, 0.29) is 11.4 Å². The van der Waals surface area contributed by atoms with Crippen molar-refractivity contribution in [3.05, 3.63) is 24.0 Å². The van der Waals surface area contributed by atoms with E-state index in [9.17, 15) is 4.39 Å². The molecule has 0 spiro atoms. The Hall–Kier alpha value is -1.29. The van der Waals surface area contributed by atoms with Crippen LogP contribution in [0.25, 0.3) is 0 Å². The fraction of sp³-hybridized carbons (Fsp3) is 0.500. The molecule has 1 heterocycles. The molecule has 0 radical (unpaired) electrons. The van der Waals surface area contributed by atoms with Crippen LogP contribution in [-0.2, 0) is 4.74 Å². The molecule has 2 rings (SSSR count). The molecule has 1 atom stereocenters. The van der Waals surface area contributed by atoms with Gasteiger partial charge in [-0.1, -0.05) is 0 Å². The van der Waals surface area contributed by atoms with Gasteiger partial charge < -0.3 is 15.8 Å². The summed E-state index contributed by atoms with van der Waals surface area (Å²) in [5.74, 6) is -0.313. The van der Waals surface area contributed by atoms with Crippen molar-refractivity contribution in [3.63, 3.8) is 0 Å². The van der Waals surface area contributed by atoms with Crippen LogP contribution in [0.5, 0.6) is 0 Å². The van der Waals surface area contributed by atoms with E-state index in [2.05, 4.69) is 5.32 Å². The Morgan fingerprint density at radius 2 is 2.31 bits per heavy atom. The lowest BCUT2D eigenvalue weighted by Crippen LogP contribution is -2.43. The van der Waals surface area contributed by atoms with Gasteiger partial charge in [0.25, 0.3) is 0 Å². The molecule has 3 nitrogen and oxygen atoms in total. The van der Waals surface area contributed by atoms with Gasteiger partial charge in [-0.2, -0.15) is 0 Å². The highest BCUT2D eigenvalue weighted by Crippen LogP contribution is 2.26. The molecule has 1 aliphatic rings. The number of nitrogens with two attached hydrogens (primary N) is 1. The maximum atomic E-state index is 13.6. The van der Waals surface area contributed by atoms with Gasteiger partial charge in [0.05, 0.1) is 17.8 Å². The van der Waals surface area contributed by atoms with E-state index in [1.165, 1.54) is 6.07 Å². The van der Waals surface area contributed by atoms with E-state index in [4.69, 9.17) is 10.5 Å². The quantitative estimate of drug-likeness (QED) is 0.758. The summed E-state index contributed by atoms with van der Waals surface area (Å²) < 4.78 is 19.0. The number of hydrogen-bond donors (Lipinski definition) is 2. The van der Waals surface area contributed by atoms with E-state index in [0.29, 0.717) is 18.0 Å². The van der Waals surface area contributed by atoms with Crippen LogP contribution < -0.4 is 11.1 Å². The van der Waals surface area contributed by atoms with Crippen molar-refractivity contribution in [2.24, 2.45) is 0 Å². The predicted octanol–water partition coefficient (Wildman–Crippen LogP) is 2.39. The summed E-state index contributed by atoms with van der Waals surface area (Å²) >= 11 is 0. The van der Waals surface area contributed by atoms with Crippen molar-refractivity contribution in [2.75, 3.05) is 24.3 Å². The fourth-order valence-electron chi connectivity index (χ4n) is 1.99. The van der Waals surface area contributed by atoms with Gasteiger partial charge in [0.2, 0.25) is 0 Å². The normalized spacial score (nSPS) is 25.4. The maximum Gasteiger partial charge on any atom is 0.148 e. The molecule has 0 aromatic heterocycles. The Balaban J connectivity index is 2.13. The van der Waals surface area contributed by atoms with Crippen LogP contribution in [-0.4, -0.2) is 18.8 Å². The smallest absolute Gasteiger partial charge is 0.148 e. The number of rotatable bonds is 2. The molecule has 88 valence electrons. The summed E-state index contributed by atoms with van der Waals surface area (Å²) in [6.07, 6.45) is 1.98. The monoisotopic (exact) mass is 224 g/mol. The highest BCUT2D eigenvalue weighted by molar-refractivity contribution is 5.53. The van der Waals surface area contributed by atoms with Gasteiger partial charge in [-0.05, 0) is 38.0 Å². The van der Waals surface area contributed by atoms with E-state index >= 15 is 0 Å². The van der Waals surface area contributed by atoms with Crippen LogP contribution in [0.15, 0.2) is 18.2 Å². The molecule has 16 heavy (non-hydrogen) atoms. The number of anilines is 2. The molecular formula is C12H17FN2O. The third kappa shape index (κ3) is 2.44. The molecule has 0 aliphatic carbocycles. The first-order valence-electron chi connectivity index (χ1n) is 5.50. The highest BCUT2D eigenvalue weighted by atomic mass is 19.1. The zero-order valence-electron chi connectivity index (χ0n) is 9.42. The van der Waals surface area contributed by atoms with Crippen LogP contribution in [0.4, 0.5) is 15.8 Å². The topological polar surface area (TPSA) is 47.3 Å². The lowest BCUT2D eigenvalue weighted by molar-refractivity contribution is 0.0539. The molecule has 0 amide bonds. The standard InChI is InChI=1S/C12H17FN2O/c1-12(5-2-6-16-8-12)15-11-4-3-9(14)7-10(11)13/h3-4,7,15H,2,5-6,8,14H2,1H3. The minimum absolute atomic E-state index is 0.185. The van der Waals surface area contributed by atoms with Crippen LogP contribution in [0.1, 0.15) is 19.8 Å². The van der Waals surface area contributed by atoms with Crippen molar-refractivity contribution < 1.29 is 9.13 Å². The van der Waals surface area contributed by atoms with E-state index in [1.807, 2.05) is 6.92 Å². The first-order valence-corrected chi connectivity index (χ1v) is 5.50. The second-order valence-corrected chi connectivity index (χ2v) is 4.58. The summed E-state index contributed by atoms with van der Waals surface area (Å²) in [5.41, 5.74) is 6.24. The van der Waals surface area contributed by atoms with Crippen LogP contribution in [0.3, 0.4) is 0 Å². The van der Waals surface area contributed by atoms with Gasteiger partial charge >= 0.3 is 0 Å². The number of ether oxygens (including phenoxy) is 1. The molecule has 4 heteroatoms. The van der Waals surface area contributed by atoms with E-state index in [1.54, 1.807) is 12.1 Å². The molecule has 1 aromatic rings. The first kappa shape index (κ1) is 11.2. The minimum Gasteiger partial charge on any atom is -0.399 e. The molecule has 1 unspecified atom stereocenters. The Labute approximate surface area is 94.8 Å². The van der Waals surface area contributed by atoms with Gasteiger partial charge in [0.15, 0.2) is 0 Å². The number of benzene rings is 1. The third-order valence-electron chi connectivity index (χ3n) is 2.87. The molecule has 0 bridgehead atoms. The highest BCUT2D eigenvalue weighted by Gasteiger charge is 2.28. The first-order chi connectivity index (χ1) is 7.59. The van der Waals surface area contributed by atoms with Gasteiger partial charge in [-0.25, -0.2) is 4.39 Å². The third-order valence-corrected chi connectivity index (χ3v) is 2.87. The van der Waals surface area contributed by atoms with Crippen molar-refractivity contribution in [1.82, 2.24) is 0 Å². The van der Waals surface area contributed by atoms with Crippen molar-refractivity contribution in [1.29, 1.82) is 0 Å². The Morgan fingerprint density at radius 1 is 1.50 bits per heavy atom. The van der Waals surface area contributed by atoms with E-state index < -0.39 is 0 Å². The number of halogens is 1. The average Bonchev–Trinajstić information content (AvgIpc) is 2.23. The van der Waals surface area contributed by atoms with Gasteiger partial charge in [0, 0.05) is 12.3 Å². The Bertz CT molecular complexity index is 375. The molecule has 1 aromatic carbocycles. The molecule has 1 saturated heterocycles. The van der Waals surface area contributed by atoms with Crippen molar-refractivity contribution >= 4 is 11.4 Å². The summed E-state index contributed by atoms with van der Waals surface area (Å²) in [4.78, 5) is 0. The molecule has 0 saturated carbocycles. The Morgan fingerprint density at radius 3 is 2.94 bits per heavy atom. The van der Waals surface area contributed by atoms with Crippen LogP contribution >= 0.6 is 0 Å². The van der Waals surface area contributed by atoms with Crippen molar-refractivity contribution in [3.8, 4) is 0 Å². The summed E-state index contributed by atoms with van der Waals surface area (Å²) in [6.45, 7) is 3.44. The van der Waals surface area contributed by atoms with Crippen LogP contribution in [0, 0.1) is 5.82 Å².